The highest BCUT2D eigenvalue weighted by Crippen LogP contribution is 2.30. The maximum atomic E-state index is 10.8. The Kier molecular flexibility index (Phi) is 4.18. The average Bonchev–Trinajstić information content (AvgIpc) is 2.35. The molecule has 0 heterocycles. The van der Waals surface area contributed by atoms with Gasteiger partial charge in [-0.2, -0.15) is 0 Å². The van der Waals surface area contributed by atoms with Crippen molar-refractivity contribution in [2.24, 2.45) is 5.73 Å². The SMILES string of the molecule is COc1cc([N+](=O)[O-])ccc1C(O)C(O)C(N)=O. The molecule has 1 aromatic rings. The number of nitro benzene ring substituents is 1. The first-order valence-electron chi connectivity index (χ1n) is 4.86. The van der Waals surface area contributed by atoms with Crippen molar-refractivity contribution in [3.63, 3.8) is 0 Å². The molecule has 0 aliphatic carbocycles. The normalized spacial score (nSPS) is 13.7. The predicted octanol–water partition coefficient (Wildman–Crippen LogP) is -0.517. The lowest BCUT2D eigenvalue weighted by atomic mass is 10.0. The molecule has 0 fully saturated rings. The molecule has 0 aromatic heterocycles. The summed E-state index contributed by atoms with van der Waals surface area (Å²) in [6.07, 6.45) is -3.43. The van der Waals surface area contributed by atoms with Gasteiger partial charge in [0.1, 0.15) is 11.9 Å². The molecule has 1 amide bonds. The first-order valence-corrected chi connectivity index (χ1v) is 4.86. The molecule has 0 aliphatic rings. The summed E-state index contributed by atoms with van der Waals surface area (Å²) < 4.78 is 4.86. The fraction of sp³-hybridized carbons (Fsp3) is 0.300. The Morgan fingerprint density at radius 3 is 2.56 bits per heavy atom. The number of primary amides is 1. The smallest absolute Gasteiger partial charge is 0.273 e. The van der Waals surface area contributed by atoms with Crippen LogP contribution in [0.3, 0.4) is 0 Å². The summed E-state index contributed by atoms with van der Waals surface area (Å²) in [4.78, 5) is 20.7. The molecule has 1 aromatic carbocycles. The highest BCUT2D eigenvalue weighted by Gasteiger charge is 2.27. The number of nitrogens with two attached hydrogens (primary N) is 1. The van der Waals surface area contributed by atoms with Crippen molar-refractivity contribution in [1.82, 2.24) is 0 Å². The summed E-state index contributed by atoms with van der Waals surface area (Å²) in [5.41, 5.74) is 4.64. The van der Waals surface area contributed by atoms with Gasteiger partial charge in [0.25, 0.3) is 5.69 Å². The Hall–Kier alpha value is -2.19. The molecule has 0 aliphatic heterocycles. The number of aliphatic hydroxyl groups excluding tert-OH is 2. The lowest BCUT2D eigenvalue weighted by Gasteiger charge is -2.17. The Morgan fingerprint density at radius 1 is 1.50 bits per heavy atom. The van der Waals surface area contributed by atoms with Gasteiger partial charge in [-0.1, -0.05) is 0 Å². The highest BCUT2D eigenvalue weighted by molar-refractivity contribution is 5.79. The molecule has 0 saturated heterocycles. The number of rotatable bonds is 5. The van der Waals surface area contributed by atoms with Gasteiger partial charge >= 0.3 is 0 Å². The van der Waals surface area contributed by atoms with Crippen LogP contribution in [0, 0.1) is 10.1 Å². The Bertz CT molecular complexity index is 475. The number of hydrogen-bond donors (Lipinski definition) is 3. The number of benzene rings is 1. The molecule has 1 rings (SSSR count). The van der Waals surface area contributed by atoms with E-state index in [1.807, 2.05) is 0 Å². The van der Waals surface area contributed by atoms with Gasteiger partial charge < -0.3 is 20.7 Å². The number of carbonyl (C=O) groups excluding carboxylic acids is 1. The minimum atomic E-state index is -1.82. The first kappa shape index (κ1) is 13.9. The van der Waals surface area contributed by atoms with Crippen LogP contribution in [-0.4, -0.2) is 34.3 Å². The van der Waals surface area contributed by atoms with Crippen molar-refractivity contribution >= 4 is 11.6 Å². The third-order valence-electron chi connectivity index (χ3n) is 2.34. The van der Waals surface area contributed by atoms with Crippen molar-refractivity contribution in [2.75, 3.05) is 7.11 Å². The highest BCUT2D eigenvalue weighted by atomic mass is 16.6. The Morgan fingerprint density at radius 2 is 2.11 bits per heavy atom. The number of amides is 1. The van der Waals surface area contributed by atoms with Crippen LogP contribution in [0.4, 0.5) is 5.69 Å². The Labute approximate surface area is 102 Å². The van der Waals surface area contributed by atoms with E-state index in [0.717, 1.165) is 12.1 Å². The number of non-ortho nitro benzene ring substituents is 1. The zero-order chi connectivity index (χ0) is 13.9. The number of aliphatic hydroxyl groups is 2. The lowest BCUT2D eigenvalue weighted by molar-refractivity contribution is -0.385. The molecule has 2 unspecified atom stereocenters. The van der Waals surface area contributed by atoms with Crippen molar-refractivity contribution in [3.8, 4) is 5.75 Å². The van der Waals surface area contributed by atoms with E-state index in [4.69, 9.17) is 10.5 Å². The van der Waals surface area contributed by atoms with Crippen LogP contribution < -0.4 is 10.5 Å². The van der Waals surface area contributed by atoms with Gasteiger partial charge in [0.05, 0.1) is 18.1 Å². The van der Waals surface area contributed by atoms with Crippen molar-refractivity contribution in [1.29, 1.82) is 0 Å². The predicted molar refractivity (Wildman–Crippen MR) is 59.8 cm³/mol. The van der Waals surface area contributed by atoms with Gasteiger partial charge in [0.2, 0.25) is 5.91 Å². The van der Waals surface area contributed by atoms with E-state index in [-0.39, 0.29) is 17.0 Å². The van der Waals surface area contributed by atoms with Crippen LogP contribution in [0.5, 0.6) is 5.75 Å². The zero-order valence-electron chi connectivity index (χ0n) is 9.44. The van der Waals surface area contributed by atoms with Crippen molar-refractivity contribution in [2.45, 2.75) is 12.2 Å². The van der Waals surface area contributed by atoms with Gasteiger partial charge in [-0.25, -0.2) is 0 Å². The first-order chi connectivity index (χ1) is 8.38. The van der Waals surface area contributed by atoms with Gasteiger partial charge in [-0.15, -0.1) is 0 Å². The molecule has 98 valence electrons. The summed E-state index contributed by atoms with van der Waals surface area (Å²) in [6.45, 7) is 0. The molecular weight excluding hydrogens is 244 g/mol. The van der Waals surface area contributed by atoms with Crippen molar-refractivity contribution in [3.05, 3.63) is 33.9 Å². The second-order valence-corrected chi connectivity index (χ2v) is 3.48. The summed E-state index contributed by atoms with van der Waals surface area (Å²) in [6, 6.07) is 3.38. The van der Waals surface area contributed by atoms with Crippen molar-refractivity contribution < 1.29 is 24.7 Å². The van der Waals surface area contributed by atoms with E-state index < -0.39 is 23.0 Å². The zero-order valence-corrected chi connectivity index (χ0v) is 9.44. The van der Waals surface area contributed by atoms with Gasteiger partial charge in [0.15, 0.2) is 6.10 Å². The molecule has 18 heavy (non-hydrogen) atoms. The quantitative estimate of drug-likeness (QED) is 0.479. The van der Waals surface area contributed by atoms with E-state index >= 15 is 0 Å². The number of nitrogens with zero attached hydrogens (tertiary/aromatic N) is 1. The van der Waals surface area contributed by atoms with Crippen LogP contribution in [0.1, 0.15) is 11.7 Å². The molecule has 0 spiro atoms. The second kappa shape index (κ2) is 5.43. The van der Waals surface area contributed by atoms with Crippen LogP contribution >= 0.6 is 0 Å². The van der Waals surface area contributed by atoms with Gasteiger partial charge in [-0.05, 0) is 6.07 Å². The average molecular weight is 256 g/mol. The minimum absolute atomic E-state index is 0.0167. The maximum Gasteiger partial charge on any atom is 0.273 e. The van der Waals surface area contributed by atoms with Crippen LogP contribution in [-0.2, 0) is 4.79 Å². The largest absolute Gasteiger partial charge is 0.496 e. The Balaban J connectivity index is 3.16. The van der Waals surface area contributed by atoms with E-state index in [2.05, 4.69) is 0 Å². The van der Waals surface area contributed by atoms with Crippen LogP contribution in [0.15, 0.2) is 18.2 Å². The number of nitro groups is 1. The third-order valence-corrected chi connectivity index (χ3v) is 2.34. The molecule has 8 nitrogen and oxygen atoms in total. The van der Waals surface area contributed by atoms with Gasteiger partial charge in [0, 0.05) is 11.6 Å². The number of carbonyl (C=O) groups is 1. The molecule has 0 bridgehead atoms. The fourth-order valence-electron chi connectivity index (χ4n) is 1.38. The summed E-state index contributed by atoms with van der Waals surface area (Å²) in [5, 5.41) is 29.6. The standard InChI is InChI=1S/C10H12N2O6/c1-18-7-4-5(12(16)17)2-3-6(7)8(13)9(14)10(11)15/h2-4,8-9,13-14H,1H3,(H2,11,15). The fourth-order valence-corrected chi connectivity index (χ4v) is 1.38. The molecule has 0 radical (unpaired) electrons. The van der Waals surface area contributed by atoms with E-state index in [1.165, 1.54) is 13.2 Å². The third kappa shape index (κ3) is 2.73. The molecular formula is C10H12N2O6. The summed E-state index contributed by atoms with van der Waals surface area (Å²) in [7, 11) is 1.24. The summed E-state index contributed by atoms with van der Waals surface area (Å²) in [5.74, 6) is -1.13. The number of ether oxygens (including phenoxy) is 1. The van der Waals surface area contributed by atoms with E-state index in [1.54, 1.807) is 0 Å². The van der Waals surface area contributed by atoms with E-state index in [9.17, 15) is 25.1 Å². The molecule has 0 saturated carbocycles. The second-order valence-electron chi connectivity index (χ2n) is 3.48. The van der Waals surface area contributed by atoms with Crippen LogP contribution in [0.2, 0.25) is 0 Å². The molecule has 4 N–H and O–H groups in total. The molecule has 2 atom stereocenters. The lowest BCUT2D eigenvalue weighted by Crippen LogP contribution is -2.34. The van der Waals surface area contributed by atoms with Crippen LogP contribution in [0.25, 0.3) is 0 Å². The maximum absolute atomic E-state index is 10.8. The number of methoxy groups -OCH3 is 1. The monoisotopic (exact) mass is 256 g/mol. The molecule has 8 heteroatoms. The minimum Gasteiger partial charge on any atom is -0.496 e. The topological polar surface area (TPSA) is 136 Å². The number of hydrogen-bond acceptors (Lipinski definition) is 6. The summed E-state index contributed by atoms with van der Waals surface area (Å²) >= 11 is 0. The van der Waals surface area contributed by atoms with E-state index in [0.29, 0.717) is 0 Å². The van der Waals surface area contributed by atoms with Gasteiger partial charge in [-0.3, -0.25) is 14.9 Å².